The summed E-state index contributed by atoms with van der Waals surface area (Å²) in [7, 11) is -4.25. The molecule has 2 aromatic carbocycles. The summed E-state index contributed by atoms with van der Waals surface area (Å²) in [6.07, 6.45) is 2.31. The number of aromatic nitrogens is 2. The number of nitrogens with zero attached hydrogens (tertiary/aromatic N) is 3. The van der Waals surface area contributed by atoms with Gasteiger partial charge >= 0.3 is 0 Å². The molecule has 1 atom stereocenters. The average Bonchev–Trinajstić information content (AvgIpc) is 3.15. The van der Waals surface area contributed by atoms with Gasteiger partial charge in [0.15, 0.2) is 0 Å². The quantitative estimate of drug-likeness (QED) is 0.376. The fourth-order valence-corrected chi connectivity index (χ4v) is 6.53. The number of nitrogen functional groups attached to an aromatic ring is 1. The van der Waals surface area contributed by atoms with Crippen LogP contribution in [0, 0.1) is 12.8 Å². The maximum absolute atomic E-state index is 13.5. The number of hydrogen-bond donors (Lipinski definition) is 2. The molecular formula is C29H31N5O3S. The van der Waals surface area contributed by atoms with Crippen molar-refractivity contribution in [3.05, 3.63) is 78.0 Å². The number of benzene rings is 2. The molecule has 1 fully saturated rings. The molecule has 5 rings (SSSR count). The second kappa shape index (κ2) is 9.40. The molecular weight excluding hydrogens is 498 g/mol. The first-order valence-electron chi connectivity index (χ1n) is 12.5. The van der Waals surface area contributed by atoms with E-state index in [9.17, 15) is 13.2 Å². The van der Waals surface area contributed by atoms with Crippen LogP contribution in [0.15, 0.2) is 71.8 Å². The minimum Gasteiger partial charge on any atom is -0.383 e. The predicted octanol–water partition coefficient (Wildman–Crippen LogP) is 4.93. The Kier molecular flexibility index (Phi) is 6.35. The van der Waals surface area contributed by atoms with Crippen molar-refractivity contribution in [3.8, 4) is 11.3 Å². The zero-order valence-electron chi connectivity index (χ0n) is 21.9. The van der Waals surface area contributed by atoms with Gasteiger partial charge in [0.1, 0.15) is 16.5 Å². The monoisotopic (exact) mass is 529 g/mol. The molecule has 196 valence electrons. The number of hydrogen-bond acceptors (Lipinski definition) is 7. The van der Waals surface area contributed by atoms with Crippen LogP contribution in [-0.4, -0.2) is 36.4 Å². The van der Waals surface area contributed by atoms with Gasteiger partial charge in [-0.3, -0.25) is 4.79 Å². The molecule has 0 spiro atoms. The predicted molar refractivity (Wildman–Crippen MR) is 150 cm³/mol. The van der Waals surface area contributed by atoms with Gasteiger partial charge < -0.3 is 10.6 Å². The first-order chi connectivity index (χ1) is 18.0. The fourth-order valence-electron chi connectivity index (χ4n) is 5.48. The van der Waals surface area contributed by atoms with Crippen molar-refractivity contribution in [2.45, 2.75) is 44.6 Å². The van der Waals surface area contributed by atoms with Crippen molar-refractivity contribution in [1.82, 2.24) is 14.7 Å². The Morgan fingerprint density at radius 1 is 1.05 bits per heavy atom. The van der Waals surface area contributed by atoms with E-state index in [4.69, 9.17) is 10.7 Å². The largest absolute Gasteiger partial charge is 0.383 e. The van der Waals surface area contributed by atoms with Crippen LogP contribution in [-0.2, 0) is 10.0 Å². The minimum absolute atomic E-state index is 0.178. The van der Waals surface area contributed by atoms with Crippen LogP contribution < -0.4 is 15.4 Å². The maximum Gasteiger partial charge on any atom is 0.268 e. The van der Waals surface area contributed by atoms with Crippen molar-refractivity contribution in [2.75, 3.05) is 17.2 Å². The molecule has 0 unspecified atom stereocenters. The topological polar surface area (TPSA) is 118 Å². The molecule has 1 aliphatic rings. The summed E-state index contributed by atoms with van der Waals surface area (Å²) in [6, 6.07) is 18.4. The number of sulfonamides is 1. The number of nitrogens with one attached hydrogen (secondary N) is 1. The highest BCUT2D eigenvalue weighted by atomic mass is 32.2. The number of amides is 1. The molecule has 4 aromatic rings. The summed E-state index contributed by atoms with van der Waals surface area (Å²) < 4.78 is 28.2. The normalized spacial score (nSPS) is 17.1. The summed E-state index contributed by atoms with van der Waals surface area (Å²) in [4.78, 5) is 24.2. The molecule has 0 bridgehead atoms. The first-order valence-corrected chi connectivity index (χ1v) is 14.0. The Morgan fingerprint density at radius 3 is 2.47 bits per heavy atom. The molecule has 0 radical (unpaired) electrons. The number of nitrogens with two attached hydrogens (primary N) is 1. The van der Waals surface area contributed by atoms with E-state index in [2.05, 4.69) is 60.5 Å². The molecule has 0 saturated carbocycles. The van der Waals surface area contributed by atoms with E-state index in [0.717, 1.165) is 28.3 Å². The number of carbonyl (C=O) groups is 1. The molecule has 3 heterocycles. The Labute approximate surface area is 223 Å². The molecule has 1 aliphatic heterocycles. The van der Waals surface area contributed by atoms with E-state index in [1.807, 2.05) is 18.2 Å². The highest BCUT2D eigenvalue weighted by Crippen LogP contribution is 2.39. The van der Waals surface area contributed by atoms with Crippen LogP contribution in [0.25, 0.3) is 22.0 Å². The third-order valence-corrected chi connectivity index (χ3v) is 8.56. The van der Waals surface area contributed by atoms with Gasteiger partial charge in [0, 0.05) is 23.8 Å². The summed E-state index contributed by atoms with van der Waals surface area (Å²) in [6.45, 7) is 9.15. The van der Waals surface area contributed by atoms with E-state index in [0.29, 0.717) is 24.0 Å². The molecule has 1 amide bonds. The van der Waals surface area contributed by atoms with Gasteiger partial charge in [-0.25, -0.2) is 23.1 Å². The van der Waals surface area contributed by atoms with Gasteiger partial charge in [0.25, 0.3) is 15.9 Å². The molecule has 3 N–H and O–H groups in total. The summed E-state index contributed by atoms with van der Waals surface area (Å²) in [5, 5.41) is 2.19. The highest BCUT2D eigenvalue weighted by Gasteiger charge is 2.39. The fraction of sp³-hybridized carbons (Fsp3) is 0.276. The molecule has 8 nitrogen and oxygen atoms in total. The van der Waals surface area contributed by atoms with E-state index >= 15 is 0 Å². The Morgan fingerprint density at radius 2 is 1.79 bits per heavy atom. The van der Waals surface area contributed by atoms with Crippen molar-refractivity contribution in [1.29, 1.82) is 0 Å². The second-order valence-corrected chi connectivity index (χ2v) is 12.2. The summed E-state index contributed by atoms with van der Waals surface area (Å²) >= 11 is 0. The Bertz CT molecular complexity index is 1670. The van der Waals surface area contributed by atoms with Gasteiger partial charge in [0.2, 0.25) is 0 Å². The van der Waals surface area contributed by atoms with Crippen LogP contribution >= 0.6 is 0 Å². The van der Waals surface area contributed by atoms with Gasteiger partial charge in [-0.05, 0) is 73.7 Å². The minimum atomic E-state index is -4.25. The SMILES string of the molecule is Cc1ccc(-c2ccc(C(=O)NS(=O)(=O)c3cccnc3N)c(N3C[C@@H](C)CC3(C)C)n2)c2ccccc12. The van der Waals surface area contributed by atoms with Crippen LogP contribution in [0.5, 0.6) is 0 Å². The number of fused-ring (bicyclic) bond motifs is 1. The van der Waals surface area contributed by atoms with Crippen LogP contribution in [0.2, 0.25) is 0 Å². The highest BCUT2D eigenvalue weighted by molar-refractivity contribution is 7.90. The lowest BCUT2D eigenvalue weighted by Gasteiger charge is -2.34. The zero-order valence-corrected chi connectivity index (χ0v) is 22.7. The number of aryl methyl sites for hydroxylation is 1. The van der Waals surface area contributed by atoms with Gasteiger partial charge in [-0.15, -0.1) is 0 Å². The van der Waals surface area contributed by atoms with Crippen molar-refractivity contribution in [2.24, 2.45) is 5.92 Å². The van der Waals surface area contributed by atoms with E-state index in [-0.39, 0.29) is 21.8 Å². The number of pyridine rings is 2. The van der Waals surface area contributed by atoms with Crippen LogP contribution in [0.4, 0.5) is 11.6 Å². The van der Waals surface area contributed by atoms with Gasteiger partial charge in [0.05, 0.1) is 11.3 Å². The van der Waals surface area contributed by atoms with Gasteiger partial charge in [-0.1, -0.05) is 43.3 Å². The third kappa shape index (κ3) is 4.58. The molecule has 38 heavy (non-hydrogen) atoms. The number of rotatable bonds is 5. The van der Waals surface area contributed by atoms with Gasteiger partial charge in [-0.2, -0.15) is 0 Å². The maximum atomic E-state index is 13.5. The second-order valence-electron chi connectivity index (χ2n) is 10.6. The lowest BCUT2D eigenvalue weighted by molar-refractivity contribution is 0.0981. The third-order valence-electron chi connectivity index (χ3n) is 7.18. The lowest BCUT2D eigenvalue weighted by Crippen LogP contribution is -2.41. The summed E-state index contributed by atoms with van der Waals surface area (Å²) in [5.74, 6) is -0.118. The van der Waals surface area contributed by atoms with E-state index in [1.54, 1.807) is 12.1 Å². The van der Waals surface area contributed by atoms with Crippen molar-refractivity contribution in [3.63, 3.8) is 0 Å². The lowest BCUT2D eigenvalue weighted by atomic mass is 9.96. The average molecular weight is 530 g/mol. The van der Waals surface area contributed by atoms with E-state index in [1.165, 1.54) is 18.3 Å². The van der Waals surface area contributed by atoms with Crippen LogP contribution in [0.3, 0.4) is 0 Å². The molecule has 0 aliphatic carbocycles. The Hall–Kier alpha value is -3.98. The smallest absolute Gasteiger partial charge is 0.268 e. The summed E-state index contributed by atoms with van der Waals surface area (Å²) in [5.41, 5.74) is 8.50. The molecule has 2 aromatic heterocycles. The van der Waals surface area contributed by atoms with E-state index < -0.39 is 15.9 Å². The number of carbonyl (C=O) groups excluding carboxylic acids is 1. The standard InChI is InChI=1S/C29H31N5O3S/c1-18-16-29(3,4)34(17-18)27-23(28(35)33-38(36,37)25-10-7-15-31-26(25)30)13-14-24(32-27)22-12-11-19(2)20-8-5-6-9-21(20)22/h5-15,18H,16-17H2,1-4H3,(H2,30,31)(H,33,35)/t18-/m0/s1. The Balaban J connectivity index is 1.63. The van der Waals surface area contributed by atoms with Crippen LogP contribution in [0.1, 0.15) is 43.1 Å². The molecule has 9 heteroatoms. The zero-order chi connectivity index (χ0) is 27.2. The number of anilines is 2. The first kappa shape index (κ1) is 25.7. The molecule has 1 saturated heterocycles. The van der Waals surface area contributed by atoms with Crippen molar-refractivity contribution >= 4 is 38.3 Å². The van der Waals surface area contributed by atoms with Crippen molar-refractivity contribution < 1.29 is 13.2 Å².